The molecule has 0 aromatic rings. The monoisotopic (exact) mass is 213 g/mol. The van der Waals surface area contributed by atoms with Gasteiger partial charge in [-0.3, -0.25) is 0 Å². The van der Waals surface area contributed by atoms with E-state index in [0.29, 0.717) is 13.1 Å². The van der Waals surface area contributed by atoms with Crippen molar-refractivity contribution in [2.24, 2.45) is 0 Å². The summed E-state index contributed by atoms with van der Waals surface area (Å²) in [5.41, 5.74) is 0. The maximum atomic E-state index is 11.6. The summed E-state index contributed by atoms with van der Waals surface area (Å²) >= 11 is 0. The molecule has 1 N–H and O–H groups in total. The van der Waals surface area contributed by atoms with Gasteiger partial charge in [0.25, 0.3) is 6.43 Å². The molecule has 0 aromatic heterocycles. The van der Waals surface area contributed by atoms with Gasteiger partial charge in [0.05, 0.1) is 6.61 Å². The summed E-state index contributed by atoms with van der Waals surface area (Å²) < 4.78 is 37.6. The van der Waals surface area contributed by atoms with Gasteiger partial charge in [0.2, 0.25) is 0 Å². The third kappa shape index (κ3) is 8.31. The van der Waals surface area contributed by atoms with Gasteiger partial charge in [-0.05, 0) is 0 Å². The zero-order valence-electron chi connectivity index (χ0n) is 8.46. The molecule has 0 unspecified atom stereocenters. The second-order valence-corrected chi connectivity index (χ2v) is 2.57. The van der Waals surface area contributed by atoms with E-state index < -0.39 is 13.0 Å². The standard InChI is InChI=1S/C8H17F2NO3/c1-12-8(13-2)5-11-3-4-14-6-7(9)10/h7-8,11H,3-6H2,1-2H3. The van der Waals surface area contributed by atoms with E-state index in [2.05, 4.69) is 10.1 Å². The van der Waals surface area contributed by atoms with Gasteiger partial charge in [0.1, 0.15) is 6.61 Å². The van der Waals surface area contributed by atoms with E-state index in [4.69, 9.17) is 9.47 Å². The average molecular weight is 213 g/mol. The van der Waals surface area contributed by atoms with Gasteiger partial charge in [0, 0.05) is 27.3 Å². The number of methoxy groups -OCH3 is 2. The van der Waals surface area contributed by atoms with Crippen molar-refractivity contribution < 1.29 is 23.0 Å². The second-order valence-electron chi connectivity index (χ2n) is 2.57. The smallest absolute Gasteiger partial charge is 0.261 e. The van der Waals surface area contributed by atoms with Crippen LogP contribution >= 0.6 is 0 Å². The number of halogens is 2. The van der Waals surface area contributed by atoms with Gasteiger partial charge >= 0.3 is 0 Å². The van der Waals surface area contributed by atoms with Gasteiger partial charge < -0.3 is 19.5 Å². The van der Waals surface area contributed by atoms with Gasteiger partial charge in [-0.2, -0.15) is 0 Å². The van der Waals surface area contributed by atoms with Crippen molar-refractivity contribution in [2.75, 3.05) is 40.5 Å². The van der Waals surface area contributed by atoms with Gasteiger partial charge in [-0.25, -0.2) is 8.78 Å². The number of ether oxygens (including phenoxy) is 3. The highest BCUT2D eigenvalue weighted by Crippen LogP contribution is 1.91. The SMILES string of the molecule is COC(CNCCOCC(F)F)OC. The molecule has 0 saturated heterocycles. The first-order valence-electron chi connectivity index (χ1n) is 4.33. The average Bonchev–Trinajstić information content (AvgIpc) is 2.16. The lowest BCUT2D eigenvalue weighted by atomic mass is 10.5. The van der Waals surface area contributed by atoms with Crippen LogP contribution in [-0.4, -0.2) is 53.2 Å². The quantitative estimate of drug-likeness (QED) is 0.446. The minimum absolute atomic E-state index is 0.254. The summed E-state index contributed by atoms with van der Waals surface area (Å²) in [6.07, 6.45) is -2.72. The normalized spacial score (nSPS) is 11.6. The molecule has 0 aliphatic carbocycles. The summed E-state index contributed by atoms with van der Waals surface area (Å²) in [5, 5.41) is 2.94. The molecule has 0 spiro atoms. The molecule has 0 aliphatic rings. The van der Waals surface area contributed by atoms with Crippen LogP contribution in [-0.2, 0) is 14.2 Å². The third-order valence-electron chi connectivity index (χ3n) is 1.50. The Labute approximate surface area is 82.5 Å². The van der Waals surface area contributed by atoms with Crippen molar-refractivity contribution in [2.45, 2.75) is 12.7 Å². The Morgan fingerprint density at radius 2 is 1.86 bits per heavy atom. The van der Waals surface area contributed by atoms with Crippen LogP contribution in [0.2, 0.25) is 0 Å². The molecule has 6 heteroatoms. The molecule has 86 valence electrons. The molecule has 0 heterocycles. The molecular formula is C8H17F2NO3. The van der Waals surface area contributed by atoms with Gasteiger partial charge in [-0.1, -0.05) is 0 Å². The molecule has 0 aliphatic heterocycles. The molecule has 0 fully saturated rings. The van der Waals surface area contributed by atoms with Crippen molar-refractivity contribution in [3.63, 3.8) is 0 Å². The molecule has 4 nitrogen and oxygen atoms in total. The fourth-order valence-electron chi connectivity index (χ4n) is 0.800. The Hall–Kier alpha value is -0.300. The minimum Gasteiger partial charge on any atom is -0.374 e. The fraction of sp³-hybridized carbons (Fsp3) is 1.00. The largest absolute Gasteiger partial charge is 0.374 e. The van der Waals surface area contributed by atoms with Crippen molar-refractivity contribution in [1.29, 1.82) is 0 Å². The second kappa shape index (κ2) is 9.26. The molecule has 0 atom stereocenters. The topological polar surface area (TPSA) is 39.7 Å². The Bertz CT molecular complexity index is 123. The predicted octanol–water partition coefficient (Wildman–Crippen LogP) is 0.477. The third-order valence-corrected chi connectivity index (χ3v) is 1.50. The van der Waals surface area contributed by atoms with Crippen LogP contribution in [0.15, 0.2) is 0 Å². The molecule has 0 saturated carbocycles. The van der Waals surface area contributed by atoms with Crippen LogP contribution in [0, 0.1) is 0 Å². The summed E-state index contributed by atoms with van der Waals surface area (Å²) in [7, 11) is 3.06. The molecule has 14 heavy (non-hydrogen) atoms. The Kier molecular flexibility index (Phi) is 9.06. The first-order valence-corrected chi connectivity index (χ1v) is 4.33. The van der Waals surface area contributed by atoms with Crippen LogP contribution in [0.3, 0.4) is 0 Å². The predicted molar refractivity (Wildman–Crippen MR) is 47.5 cm³/mol. The van der Waals surface area contributed by atoms with Crippen LogP contribution in [0.4, 0.5) is 8.78 Å². The van der Waals surface area contributed by atoms with E-state index >= 15 is 0 Å². The van der Waals surface area contributed by atoms with Crippen LogP contribution in [0.5, 0.6) is 0 Å². The molecule has 0 radical (unpaired) electrons. The van der Waals surface area contributed by atoms with E-state index in [1.165, 1.54) is 14.2 Å². The fourth-order valence-corrected chi connectivity index (χ4v) is 0.800. The highest BCUT2D eigenvalue weighted by molar-refractivity contribution is 4.50. The lowest BCUT2D eigenvalue weighted by Crippen LogP contribution is -2.32. The van der Waals surface area contributed by atoms with E-state index in [1.807, 2.05) is 0 Å². The number of hydrogen-bond acceptors (Lipinski definition) is 4. The molecule has 0 rings (SSSR count). The maximum absolute atomic E-state index is 11.6. The molecule has 0 amide bonds. The Balaban J connectivity index is 3.12. The van der Waals surface area contributed by atoms with Gasteiger partial charge in [-0.15, -0.1) is 0 Å². The first kappa shape index (κ1) is 13.7. The van der Waals surface area contributed by atoms with Crippen molar-refractivity contribution >= 4 is 0 Å². The maximum Gasteiger partial charge on any atom is 0.261 e. The van der Waals surface area contributed by atoms with E-state index in [9.17, 15) is 8.78 Å². The highest BCUT2D eigenvalue weighted by Gasteiger charge is 2.04. The number of hydrogen-bond donors (Lipinski definition) is 1. The number of rotatable bonds is 9. The van der Waals surface area contributed by atoms with E-state index in [0.717, 1.165) is 0 Å². The molecule has 0 bridgehead atoms. The summed E-state index contributed by atoms with van der Waals surface area (Å²) in [6, 6.07) is 0. The minimum atomic E-state index is -2.40. The van der Waals surface area contributed by atoms with Crippen molar-refractivity contribution in [3.05, 3.63) is 0 Å². The van der Waals surface area contributed by atoms with Crippen LogP contribution in [0.25, 0.3) is 0 Å². The lowest BCUT2D eigenvalue weighted by Gasteiger charge is -2.13. The summed E-state index contributed by atoms with van der Waals surface area (Å²) in [6.45, 7) is 0.741. The van der Waals surface area contributed by atoms with Crippen molar-refractivity contribution in [1.82, 2.24) is 5.32 Å². The molecule has 0 aromatic carbocycles. The van der Waals surface area contributed by atoms with Crippen LogP contribution in [0.1, 0.15) is 0 Å². The summed E-state index contributed by atoms with van der Waals surface area (Å²) in [5.74, 6) is 0. The van der Waals surface area contributed by atoms with Crippen LogP contribution < -0.4 is 5.32 Å². The highest BCUT2D eigenvalue weighted by atomic mass is 19.3. The number of alkyl halides is 2. The Morgan fingerprint density at radius 1 is 1.21 bits per heavy atom. The van der Waals surface area contributed by atoms with Crippen molar-refractivity contribution in [3.8, 4) is 0 Å². The Morgan fingerprint density at radius 3 is 2.36 bits per heavy atom. The lowest BCUT2D eigenvalue weighted by molar-refractivity contribution is -0.0992. The molecular weight excluding hydrogens is 196 g/mol. The number of nitrogens with one attached hydrogen (secondary N) is 1. The zero-order valence-corrected chi connectivity index (χ0v) is 8.46. The van der Waals surface area contributed by atoms with E-state index in [1.54, 1.807) is 0 Å². The van der Waals surface area contributed by atoms with Gasteiger partial charge in [0.15, 0.2) is 6.29 Å². The van der Waals surface area contributed by atoms with E-state index in [-0.39, 0.29) is 12.9 Å². The zero-order chi connectivity index (χ0) is 10.8. The first-order chi connectivity index (χ1) is 6.70. The summed E-state index contributed by atoms with van der Waals surface area (Å²) in [4.78, 5) is 0.